The lowest BCUT2D eigenvalue weighted by Gasteiger charge is -2.02. The summed E-state index contributed by atoms with van der Waals surface area (Å²) in [5, 5.41) is 11.3. The van der Waals surface area contributed by atoms with Crippen LogP contribution in [0.25, 0.3) is 27.6 Å². The molecule has 0 bridgehead atoms. The molecule has 104 valence electrons. The number of nitrogen functional groups attached to an aromatic ring is 1. The first-order chi connectivity index (χ1) is 10.2. The molecule has 0 atom stereocenters. The van der Waals surface area contributed by atoms with Crippen LogP contribution in [0.15, 0.2) is 34.3 Å². The maximum absolute atomic E-state index is 5.82. The molecular weight excluding hydrogens is 288 g/mol. The van der Waals surface area contributed by atoms with Gasteiger partial charge in [0.2, 0.25) is 5.95 Å². The first-order valence-corrected chi connectivity index (χ1v) is 7.09. The van der Waals surface area contributed by atoms with Gasteiger partial charge in [0.15, 0.2) is 16.9 Å². The zero-order valence-corrected chi connectivity index (χ0v) is 11.8. The molecule has 4 heterocycles. The number of thiophene rings is 1. The fraction of sp³-hybridized carbons (Fsp3) is 0.0769. The fourth-order valence-electron chi connectivity index (χ4n) is 2.14. The van der Waals surface area contributed by atoms with E-state index in [9.17, 15) is 0 Å². The molecule has 4 rings (SSSR count). The van der Waals surface area contributed by atoms with Gasteiger partial charge in [-0.25, -0.2) is 4.98 Å². The van der Waals surface area contributed by atoms with Crippen molar-refractivity contribution in [2.45, 2.75) is 6.92 Å². The highest BCUT2D eigenvalue weighted by molar-refractivity contribution is 7.12. The minimum Gasteiger partial charge on any atom is -0.463 e. The summed E-state index contributed by atoms with van der Waals surface area (Å²) in [7, 11) is 0. The molecule has 7 nitrogen and oxygen atoms in total. The van der Waals surface area contributed by atoms with Crippen molar-refractivity contribution in [3.8, 4) is 16.5 Å². The van der Waals surface area contributed by atoms with Crippen LogP contribution >= 0.6 is 11.3 Å². The van der Waals surface area contributed by atoms with Crippen LogP contribution in [0.1, 0.15) is 5.56 Å². The van der Waals surface area contributed by atoms with E-state index in [4.69, 9.17) is 10.2 Å². The van der Waals surface area contributed by atoms with Gasteiger partial charge < -0.3 is 10.2 Å². The molecule has 4 aromatic rings. The average molecular weight is 298 g/mol. The van der Waals surface area contributed by atoms with Crippen LogP contribution in [0.5, 0.6) is 0 Å². The smallest absolute Gasteiger partial charge is 0.222 e. The standard InChI is InChI=1S/C13H10N6OS/c1-7-4-6-21-12(7)19-11-10(17-18-19)9(15-13(14)16-11)8-3-2-5-20-8/h2-6H,1H3,(H2,14,15,16). The SMILES string of the molecule is Cc1ccsc1-n1nnc2c(-c3ccco3)nc(N)nc21. The predicted octanol–water partition coefficient (Wildman–Crippen LogP) is 2.42. The Hall–Kier alpha value is -2.74. The zero-order valence-electron chi connectivity index (χ0n) is 11.0. The first-order valence-electron chi connectivity index (χ1n) is 6.21. The Kier molecular flexibility index (Phi) is 2.51. The number of nitrogens with two attached hydrogens (primary N) is 1. The topological polar surface area (TPSA) is 95.7 Å². The van der Waals surface area contributed by atoms with Crippen molar-refractivity contribution in [2.24, 2.45) is 0 Å². The van der Waals surface area contributed by atoms with Gasteiger partial charge in [-0.3, -0.25) is 0 Å². The third-order valence-electron chi connectivity index (χ3n) is 3.10. The minimum atomic E-state index is 0.159. The number of aromatic nitrogens is 5. The van der Waals surface area contributed by atoms with Gasteiger partial charge in [0.25, 0.3) is 0 Å². The summed E-state index contributed by atoms with van der Waals surface area (Å²) in [6, 6.07) is 5.61. The molecule has 4 aromatic heterocycles. The zero-order chi connectivity index (χ0) is 14.4. The largest absolute Gasteiger partial charge is 0.463 e. The Bertz CT molecular complexity index is 924. The van der Waals surface area contributed by atoms with Crippen LogP contribution in [0, 0.1) is 6.92 Å². The number of furan rings is 1. The quantitative estimate of drug-likeness (QED) is 0.610. The molecule has 0 saturated heterocycles. The van der Waals surface area contributed by atoms with E-state index in [1.807, 2.05) is 18.4 Å². The molecular formula is C13H10N6OS. The van der Waals surface area contributed by atoms with Crippen molar-refractivity contribution in [3.05, 3.63) is 35.4 Å². The van der Waals surface area contributed by atoms with Gasteiger partial charge >= 0.3 is 0 Å². The Labute approximate surface area is 123 Å². The summed E-state index contributed by atoms with van der Waals surface area (Å²) in [6.07, 6.45) is 1.58. The van der Waals surface area contributed by atoms with Crippen LogP contribution in [0.3, 0.4) is 0 Å². The summed E-state index contributed by atoms with van der Waals surface area (Å²) in [5.41, 5.74) is 8.60. The van der Waals surface area contributed by atoms with Gasteiger partial charge in [0.05, 0.1) is 6.26 Å². The number of anilines is 1. The lowest BCUT2D eigenvalue weighted by Crippen LogP contribution is -2.01. The van der Waals surface area contributed by atoms with Gasteiger partial charge in [-0.05, 0) is 36.1 Å². The number of rotatable bonds is 2. The van der Waals surface area contributed by atoms with Crippen LogP contribution in [0.4, 0.5) is 5.95 Å². The highest BCUT2D eigenvalue weighted by atomic mass is 32.1. The normalized spacial score (nSPS) is 11.3. The maximum Gasteiger partial charge on any atom is 0.222 e. The molecule has 21 heavy (non-hydrogen) atoms. The number of nitrogens with zero attached hydrogens (tertiary/aromatic N) is 5. The molecule has 0 fully saturated rings. The van der Waals surface area contributed by atoms with Gasteiger partial charge in [-0.1, -0.05) is 5.21 Å². The predicted molar refractivity (Wildman–Crippen MR) is 79.2 cm³/mol. The van der Waals surface area contributed by atoms with E-state index in [2.05, 4.69) is 20.3 Å². The number of fused-ring (bicyclic) bond motifs is 1. The van der Waals surface area contributed by atoms with E-state index >= 15 is 0 Å². The molecule has 8 heteroatoms. The molecule has 2 N–H and O–H groups in total. The Morgan fingerprint density at radius 2 is 2.19 bits per heavy atom. The lowest BCUT2D eigenvalue weighted by molar-refractivity contribution is 0.580. The molecule has 0 saturated carbocycles. The molecule has 0 aliphatic heterocycles. The average Bonchev–Trinajstić information content (AvgIpc) is 3.17. The van der Waals surface area contributed by atoms with Crippen LogP contribution in [-0.2, 0) is 0 Å². The number of hydrogen-bond donors (Lipinski definition) is 1. The summed E-state index contributed by atoms with van der Waals surface area (Å²) in [4.78, 5) is 8.49. The van der Waals surface area contributed by atoms with Crippen molar-refractivity contribution in [1.29, 1.82) is 0 Å². The second kappa shape index (κ2) is 4.38. The third-order valence-corrected chi connectivity index (χ3v) is 4.09. The molecule has 0 spiro atoms. The van der Waals surface area contributed by atoms with Crippen molar-refractivity contribution >= 4 is 28.4 Å². The van der Waals surface area contributed by atoms with E-state index in [0.29, 0.717) is 22.6 Å². The van der Waals surface area contributed by atoms with Crippen molar-refractivity contribution < 1.29 is 4.42 Å². The number of hydrogen-bond acceptors (Lipinski definition) is 7. The van der Waals surface area contributed by atoms with Crippen LogP contribution in [-0.4, -0.2) is 25.0 Å². The minimum absolute atomic E-state index is 0.159. The van der Waals surface area contributed by atoms with E-state index in [1.54, 1.807) is 34.4 Å². The molecule has 0 aliphatic carbocycles. The number of aryl methyl sites for hydroxylation is 1. The molecule has 0 radical (unpaired) electrons. The van der Waals surface area contributed by atoms with Gasteiger partial charge in [-0.15, -0.1) is 16.4 Å². The summed E-state index contributed by atoms with van der Waals surface area (Å²) >= 11 is 1.57. The molecule has 0 aliphatic rings. The maximum atomic E-state index is 5.82. The third kappa shape index (κ3) is 1.80. The van der Waals surface area contributed by atoms with Gasteiger partial charge in [-0.2, -0.15) is 9.67 Å². The van der Waals surface area contributed by atoms with Crippen molar-refractivity contribution in [1.82, 2.24) is 25.0 Å². The Morgan fingerprint density at radius 3 is 2.90 bits per heavy atom. The van der Waals surface area contributed by atoms with Gasteiger partial charge in [0, 0.05) is 0 Å². The van der Waals surface area contributed by atoms with Crippen LogP contribution < -0.4 is 5.73 Å². The summed E-state index contributed by atoms with van der Waals surface area (Å²) in [6.45, 7) is 2.01. The summed E-state index contributed by atoms with van der Waals surface area (Å²) in [5.74, 6) is 0.746. The van der Waals surface area contributed by atoms with E-state index in [0.717, 1.165) is 10.6 Å². The Morgan fingerprint density at radius 1 is 1.29 bits per heavy atom. The monoisotopic (exact) mass is 298 g/mol. The van der Waals surface area contributed by atoms with Gasteiger partial charge in [0.1, 0.15) is 10.7 Å². The Balaban J connectivity index is 2.04. The van der Waals surface area contributed by atoms with Crippen molar-refractivity contribution in [3.63, 3.8) is 0 Å². The van der Waals surface area contributed by atoms with Crippen LogP contribution in [0.2, 0.25) is 0 Å². The van der Waals surface area contributed by atoms with Crippen molar-refractivity contribution in [2.75, 3.05) is 5.73 Å². The van der Waals surface area contributed by atoms with E-state index < -0.39 is 0 Å². The second-order valence-electron chi connectivity index (χ2n) is 4.49. The summed E-state index contributed by atoms with van der Waals surface area (Å²) < 4.78 is 7.07. The second-order valence-corrected chi connectivity index (χ2v) is 5.38. The molecule has 0 unspecified atom stereocenters. The highest BCUT2D eigenvalue weighted by Gasteiger charge is 2.18. The molecule has 0 amide bonds. The molecule has 0 aromatic carbocycles. The lowest BCUT2D eigenvalue weighted by atomic mass is 10.3. The fourth-order valence-corrected chi connectivity index (χ4v) is 3.01. The first kappa shape index (κ1) is 12.0. The highest BCUT2D eigenvalue weighted by Crippen LogP contribution is 2.28. The van der Waals surface area contributed by atoms with E-state index in [-0.39, 0.29) is 5.95 Å². The van der Waals surface area contributed by atoms with E-state index in [1.165, 1.54) is 0 Å².